The van der Waals surface area contributed by atoms with Crippen molar-refractivity contribution in [3.63, 3.8) is 0 Å². The third-order valence-electron chi connectivity index (χ3n) is 4.04. The minimum Gasteiger partial charge on any atom is -0.494 e. The molecule has 0 aliphatic carbocycles. The lowest BCUT2D eigenvalue weighted by Crippen LogP contribution is -2.17. The predicted octanol–water partition coefficient (Wildman–Crippen LogP) is 5.08. The van der Waals surface area contributed by atoms with E-state index < -0.39 is 0 Å². The highest BCUT2D eigenvalue weighted by atomic mass is 35.5. The van der Waals surface area contributed by atoms with Gasteiger partial charge in [-0.2, -0.15) is 5.10 Å². The van der Waals surface area contributed by atoms with E-state index in [1.807, 2.05) is 55.5 Å². The molecule has 0 aliphatic rings. The first kappa shape index (κ1) is 20.4. The standard InChI is InChI=1S/C23H21ClN2O3/c1-2-28-20-13-9-18(10-14-20)23(27)26-25-15-17-7-11-21(12-8-17)29-16-19-5-3-4-6-22(19)24/h3-15H,2,16H2,1H3,(H,26,27)/b25-15+. The third kappa shape index (κ3) is 6.09. The van der Waals surface area contributed by atoms with Gasteiger partial charge in [0.25, 0.3) is 5.91 Å². The number of hydrogen-bond donors (Lipinski definition) is 1. The zero-order valence-electron chi connectivity index (χ0n) is 16.0. The van der Waals surface area contributed by atoms with Crippen LogP contribution in [0.15, 0.2) is 77.9 Å². The summed E-state index contributed by atoms with van der Waals surface area (Å²) in [4.78, 5) is 12.1. The second kappa shape index (κ2) is 10.3. The molecule has 148 valence electrons. The van der Waals surface area contributed by atoms with Gasteiger partial charge in [-0.1, -0.05) is 29.8 Å². The average molecular weight is 409 g/mol. The lowest BCUT2D eigenvalue weighted by atomic mass is 10.2. The first-order valence-electron chi connectivity index (χ1n) is 9.18. The summed E-state index contributed by atoms with van der Waals surface area (Å²) >= 11 is 6.13. The van der Waals surface area contributed by atoms with Crippen molar-refractivity contribution in [2.75, 3.05) is 6.61 Å². The van der Waals surface area contributed by atoms with Crippen LogP contribution < -0.4 is 14.9 Å². The highest BCUT2D eigenvalue weighted by molar-refractivity contribution is 6.31. The van der Waals surface area contributed by atoms with Crippen LogP contribution >= 0.6 is 11.6 Å². The first-order chi connectivity index (χ1) is 14.2. The Morgan fingerprint density at radius 3 is 2.31 bits per heavy atom. The maximum Gasteiger partial charge on any atom is 0.271 e. The topological polar surface area (TPSA) is 59.9 Å². The van der Waals surface area contributed by atoms with Gasteiger partial charge in [-0.05, 0) is 67.1 Å². The number of rotatable bonds is 8. The number of benzene rings is 3. The Morgan fingerprint density at radius 2 is 1.62 bits per heavy atom. The second-order valence-electron chi connectivity index (χ2n) is 6.11. The number of halogens is 1. The number of nitrogens with one attached hydrogen (secondary N) is 1. The predicted molar refractivity (Wildman–Crippen MR) is 115 cm³/mol. The highest BCUT2D eigenvalue weighted by Crippen LogP contribution is 2.18. The van der Waals surface area contributed by atoms with Gasteiger partial charge >= 0.3 is 0 Å². The van der Waals surface area contributed by atoms with Crippen molar-refractivity contribution in [3.8, 4) is 11.5 Å². The molecule has 0 saturated heterocycles. The molecule has 0 heterocycles. The first-order valence-corrected chi connectivity index (χ1v) is 9.56. The fourth-order valence-corrected chi connectivity index (χ4v) is 2.72. The Bertz CT molecular complexity index is 970. The van der Waals surface area contributed by atoms with E-state index in [9.17, 15) is 4.79 Å². The van der Waals surface area contributed by atoms with Crippen molar-refractivity contribution in [3.05, 3.63) is 94.5 Å². The third-order valence-corrected chi connectivity index (χ3v) is 4.41. The van der Waals surface area contributed by atoms with Crippen molar-refractivity contribution < 1.29 is 14.3 Å². The summed E-state index contributed by atoms with van der Waals surface area (Å²) in [5.41, 5.74) is 4.78. The molecule has 6 heteroatoms. The number of amides is 1. The fraction of sp³-hybridized carbons (Fsp3) is 0.130. The molecule has 1 N–H and O–H groups in total. The average Bonchev–Trinajstić information content (AvgIpc) is 2.75. The van der Waals surface area contributed by atoms with E-state index in [1.165, 1.54) is 0 Å². The molecule has 0 aromatic heterocycles. The maximum atomic E-state index is 12.1. The summed E-state index contributed by atoms with van der Waals surface area (Å²) in [6.07, 6.45) is 1.57. The van der Waals surface area contributed by atoms with Crippen molar-refractivity contribution >= 4 is 23.7 Å². The zero-order valence-corrected chi connectivity index (χ0v) is 16.7. The molecule has 0 aliphatic heterocycles. The molecular formula is C23H21ClN2O3. The van der Waals surface area contributed by atoms with E-state index in [4.69, 9.17) is 21.1 Å². The lowest BCUT2D eigenvalue weighted by molar-refractivity contribution is 0.0955. The van der Waals surface area contributed by atoms with Gasteiger partial charge in [-0.15, -0.1) is 0 Å². The zero-order chi connectivity index (χ0) is 20.5. The quantitative estimate of drug-likeness (QED) is 0.417. The van der Waals surface area contributed by atoms with Crippen LogP contribution in [0.3, 0.4) is 0 Å². The highest BCUT2D eigenvalue weighted by Gasteiger charge is 2.04. The van der Waals surface area contributed by atoms with Crippen molar-refractivity contribution in [1.29, 1.82) is 0 Å². The summed E-state index contributed by atoms with van der Waals surface area (Å²) in [6, 6.07) is 21.9. The minimum absolute atomic E-state index is 0.288. The van der Waals surface area contributed by atoms with Crippen LogP contribution in [0, 0.1) is 0 Å². The molecule has 0 radical (unpaired) electrons. The lowest BCUT2D eigenvalue weighted by Gasteiger charge is -2.07. The Morgan fingerprint density at radius 1 is 0.966 bits per heavy atom. The molecule has 1 amide bonds. The van der Waals surface area contributed by atoms with Crippen molar-refractivity contribution in [2.45, 2.75) is 13.5 Å². The van der Waals surface area contributed by atoms with Gasteiger partial charge in [-0.25, -0.2) is 5.43 Å². The van der Waals surface area contributed by atoms with E-state index in [-0.39, 0.29) is 5.91 Å². The maximum absolute atomic E-state index is 12.1. The largest absolute Gasteiger partial charge is 0.494 e. The smallest absolute Gasteiger partial charge is 0.271 e. The normalized spacial score (nSPS) is 10.7. The van der Waals surface area contributed by atoms with Gasteiger partial charge in [0.15, 0.2) is 0 Å². The molecule has 0 fully saturated rings. The molecule has 3 aromatic rings. The van der Waals surface area contributed by atoms with Gasteiger partial charge in [0.1, 0.15) is 18.1 Å². The van der Waals surface area contributed by atoms with E-state index in [0.29, 0.717) is 23.8 Å². The van der Waals surface area contributed by atoms with Gasteiger partial charge in [-0.3, -0.25) is 4.79 Å². The fourth-order valence-electron chi connectivity index (χ4n) is 2.53. The molecule has 0 unspecified atom stereocenters. The number of carbonyl (C=O) groups excluding carboxylic acids is 1. The van der Waals surface area contributed by atoms with Crippen molar-refractivity contribution in [1.82, 2.24) is 5.43 Å². The van der Waals surface area contributed by atoms with Crippen LogP contribution in [0.5, 0.6) is 11.5 Å². The van der Waals surface area contributed by atoms with Crippen LogP contribution in [0.1, 0.15) is 28.4 Å². The SMILES string of the molecule is CCOc1ccc(C(=O)N/N=C/c2ccc(OCc3ccccc3Cl)cc2)cc1. The molecule has 3 rings (SSSR count). The Balaban J connectivity index is 1.50. The molecule has 3 aromatic carbocycles. The van der Waals surface area contributed by atoms with E-state index in [2.05, 4.69) is 10.5 Å². The van der Waals surface area contributed by atoms with Crippen LogP contribution in [0.25, 0.3) is 0 Å². The van der Waals surface area contributed by atoms with Gasteiger partial charge in [0.2, 0.25) is 0 Å². The number of carbonyl (C=O) groups is 1. The molecule has 0 spiro atoms. The molecule has 0 atom stereocenters. The summed E-state index contributed by atoms with van der Waals surface area (Å²) < 4.78 is 11.1. The second-order valence-corrected chi connectivity index (χ2v) is 6.51. The molecule has 0 saturated carbocycles. The van der Waals surface area contributed by atoms with Crippen LogP contribution in [0.2, 0.25) is 5.02 Å². The Kier molecular flexibility index (Phi) is 7.25. The van der Waals surface area contributed by atoms with E-state index in [0.717, 1.165) is 22.6 Å². The summed E-state index contributed by atoms with van der Waals surface area (Å²) in [5, 5.41) is 4.68. The molecular weight excluding hydrogens is 388 g/mol. The Labute approximate surface area is 174 Å². The number of hydrogen-bond acceptors (Lipinski definition) is 4. The molecule has 0 bridgehead atoms. The number of ether oxygens (including phenoxy) is 2. The number of nitrogens with zero attached hydrogens (tertiary/aromatic N) is 1. The summed E-state index contributed by atoms with van der Waals surface area (Å²) in [7, 11) is 0. The molecule has 5 nitrogen and oxygen atoms in total. The number of hydrazone groups is 1. The van der Waals surface area contributed by atoms with Gasteiger partial charge in [0.05, 0.1) is 12.8 Å². The molecule has 29 heavy (non-hydrogen) atoms. The van der Waals surface area contributed by atoms with Gasteiger partial charge in [0, 0.05) is 16.1 Å². The summed E-state index contributed by atoms with van der Waals surface area (Å²) in [6.45, 7) is 2.89. The Hall–Kier alpha value is -3.31. The van der Waals surface area contributed by atoms with Gasteiger partial charge < -0.3 is 9.47 Å². The van der Waals surface area contributed by atoms with E-state index >= 15 is 0 Å². The van der Waals surface area contributed by atoms with Crippen LogP contribution in [0.4, 0.5) is 0 Å². The van der Waals surface area contributed by atoms with Crippen molar-refractivity contribution in [2.24, 2.45) is 5.10 Å². The van der Waals surface area contributed by atoms with Crippen LogP contribution in [-0.4, -0.2) is 18.7 Å². The van der Waals surface area contributed by atoms with E-state index in [1.54, 1.807) is 30.5 Å². The monoisotopic (exact) mass is 408 g/mol. The van der Waals surface area contributed by atoms with Crippen LogP contribution in [-0.2, 0) is 6.61 Å². The summed E-state index contributed by atoms with van der Waals surface area (Å²) in [5.74, 6) is 1.16. The minimum atomic E-state index is -0.288.